The monoisotopic (exact) mass is 478 g/mol. The molecule has 0 bridgehead atoms. The minimum Gasteiger partial charge on any atom is -0.493 e. The second-order valence-corrected chi connectivity index (χ2v) is 10.5. The quantitative estimate of drug-likeness (QED) is 0.186. The summed E-state index contributed by atoms with van der Waals surface area (Å²) in [5.74, 6) is 0.979. The minimum absolute atomic E-state index is 0.786. The lowest BCUT2D eigenvalue weighted by atomic mass is 10.1. The lowest BCUT2D eigenvalue weighted by Crippen LogP contribution is -1.99. The highest BCUT2D eigenvalue weighted by Crippen LogP contribution is 2.26. The molecule has 0 saturated heterocycles. The van der Waals surface area contributed by atoms with Gasteiger partial charge in [0.2, 0.25) is 0 Å². The Morgan fingerprint density at radius 3 is 1.88 bits per heavy atom. The van der Waals surface area contributed by atoms with Crippen molar-refractivity contribution in [2.45, 2.75) is 71.1 Å². The van der Waals surface area contributed by atoms with Crippen LogP contribution < -0.4 is 4.74 Å². The second-order valence-electron chi connectivity index (χ2n) is 8.53. The smallest absolute Gasteiger partial charge is 0.127 e. The normalized spacial score (nSPS) is 11.7. The number of unbranched alkanes of at least 4 members (excludes halogenated alkanes) is 9. The van der Waals surface area contributed by atoms with E-state index in [-0.39, 0.29) is 0 Å². The Kier molecular flexibility index (Phi) is 12.1. The average Bonchev–Trinajstić information content (AvgIpc) is 3.55. The molecule has 0 N–H and O–H groups in total. The van der Waals surface area contributed by atoms with E-state index in [1.54, 1.807) is 22.7 Å². The summed E-state index contributed by atoms with van der Waals surface area (Å²) in [5, 5.41) is 4.22. The van der Waals surface area contributed by atoms with Gasteiger partial charge in [0.15, 0.2) is 0 Å². The van der Waals surface area contributed by atoms with Gasteiger partial charge in [-0.3, -0.25) is 0 Å². The van der Waals surface area contributed by atoms with Crippen molar-refractivity contribution in [2.24, 2.45) is 0 Å². The van der Waals surface area contributed by atoms with Gasteiger partial charge in [-0.05, 0) is 59.2 Å². The van der Waals surface area contributed by atoms with E-state index in [0.717, 1.165) is 24.3 Å². The zero-order valence-corrected chi connectivity index (χ0v) is 21.6. The summed E-state index contributed by atoms with van der Waals surface area (Å²) in [5.41, 5.74) is 2.32. The maximum Gasteiger partial charge on any atom is 0.127 e. The maximum absolute atomic E-state index is 6.28. The van der Waals surface area contributed by atoms with Gasteiger partial charge in [0.1, 0.15) is 5.75 Å². The second kappa shape index (κ2) is 15.7. The van der Waals surface area contributed by atoms with Crippen molar-refractivity contribution in [1.82, 2.24) is 0 Å². The number of ether oxygens (including phenoxy) is 1. The Morgan fingerprint density at radius 1 is 0.667 bits per heavy atom. The maximum atomic E-state index is 6.28. The first-order chi connectivity index (χ1) is 16.3. The van der Waals surface area contributed by atoms with Gasteiger partial charge in [0, 0.05) is 15.3 Å². The van der Waals surface area contributed by atoms with Crippen LogP contribution in [0, 0.1) is 0 Å². The van der Waals surface area contributed by atoms with Gasteiger partial charge in [-0.2, -0.15) is 0 Å². The molecule has 2 heterocycles. The molecule has 3 aromatic rings. The van der Waals surface area contributed by atoms with E-state index >= 15 is 0 Å². The molecule has 1 aromatic carbocycles. The molecule has 0 radical (unpaired) electrons. The molecular formula is C30H38OS2. The fourth-order valence-corrected chi connectivity index (χ4v) is 5.05. The third kappa shape index (κ3) is 10.1. The molecule has 176 valence electrons. The Labute approximate surface area is 208 Å². The molecule has 0 amide bonds. The molecule has 0 saturated carbocycles. The van der Waals surface area contributed by atoms with E-state index in [1.807, 2.05) is 0 Å². The van der Waals surface area contributed by atoms with Gasteiger partial charge < -0.3 is 4.74 Å². The SMILES string of the molecule is CCCCCCCCCCCCOc1cc(C=Cc2cccs2)ccc1C=Cc1cccs1. The molecule has 0 aliphatic rings. The number of benzene rings is 1. The van der Waals surface area contributed by atoms with Crippen LogP contribution in [0.25, 0.3) is 24.3 Å². The Bertz CT molecular complexity index is 936. The summed E-state index contributed by atoms with van der Waals surface area (Å²) in [6, 6.07) is 15.0. The van der Waals surface area contributed by atoms with Crippen LogP contribution in [0.4, 0.5) is 0 Å². The molecule has 0 aliphatic carbocycles. The summed E-state index contributed by atoms with van der Waals surface area (Å²) in [6.07, 6.45) is 22.1. The average molecular weight is 479 g/mol. The van der Waals surface area contributed by atoms with Crippen molar-refractivity contribution in [3.63, 3.8) is 0 Å². The van der Waals surface area contributed by atoms with E-state index in [9.17, 15) is 0 Å². The van der Waals surface area contributed by atoms with Crippen molar-refractivity contribution < 1.29 is 4.74 Å². The Balaban J connectivity index is 1.48. The predicted molar refractivity (Wildman–Crippen MR) is 150 cm³/mol. The van der Waals surface area contributed by atoms with Gasteiger partial charge in [-0.25, -0.2) is 0 Å². The van der Waals surface area contributed by atoms with Crippen LogP contribution in [0.3, 0.4) is 0 Å². The number of thiophene rings is 2. The van der Waals surface area contributed by atoms with Crippen LogP contribution in [0.2, 0.25) is 0 Å². The first-order valence-corrected chi connectivity index (χ1v) is 14.3. The highest BCUT2D eigenvalue weighted by Gasteiger charge is 2.03. The van der Waals surface area contributed by atoms with Crippen LogP contribution in [-0.2, 0) is 0 Å². The van der Waals surface area contributed by atoms with Crippen molar-refractivity contribution >= 4 is 47.0 Å². The summed E-state index contributed by atoms with van der Waals surface area (Å²) in [6.45, 7) is 3.07. The first kappa shape index (κ1) is 25.5. The molecule has 0 spiro atoms. The highest BCUT2D eigenvalue weighted by atomic mass is 32.1. The van der Waals surface area contributed by atoms with Crippen molar-refractivity contribution in [3.8, 4) is 5.75 Å². The number of hydrogen-bond acceptors (Lipinski definition) is 3. The van der Waals surface area contributed by atoms with E-state index in [1.165, 1.54) is 73.1 Å². The summed E-state index contributed by atoms with van der Waals surface area (Å²) in [7, 11) is 0. The van der Waals surface area contributed by atoms with E-state index < -0.39 is 0 Å². The molecule has 33 heavy (non-hydrogen) atoms. The van der Waals surface area contributed by atoms with E-state index in [0.29, 0.717) is 0 Å². The summed E-state index contributed by atoms with van der Waals surface area (Å²) in [4.78, 5) is 2.53. The number of rotatable bonds is 16. The van der Waals surface area contributed by atoms with E-state index in [4.69, 9.17) is 4.74 Å². The summed E-state index contributed by atoms with van der Waals surface area (Å²) < 4.78 is 6.28. The zero-order valence-electron chi connectivity index (χ0n) is 20.0. The highest BCUT2D eigenvalue weighted by molar-refractivity contribution is 7.11. The van der Waals surface area contributed by atoms with Crippen LogP contribution in [0.1, 0.15) is 92.0 Å². The Morgan fingerprint density at radius 2 is 1.27 bits per heavy atom. The molecule has 3 heteroatoms. The third-order valence-corrected chi connectivity index (χ3v) is 7.42. The fraction of sp³-hybridized carbons (Fsp3) is 0.400. The molecule has 2 aromatic heterocycles. The molecule has 0 unspecified atom stereocenters. The largest absolute Gasteiger partial charge is 0.493 e. The molecule has 1 nitrogen and oxygen atoms in total. The van der Waals surface area contributed by atoms with Crippen molar-refractivity contribution in [2.75, 3.05) is 6.61 Å². The fourth-order valence-electron chi connectivity index (χ4n) is 3.81. The van der Waals surface area contributed by atoms with Gasteiger partial charge >= 0.3 is 0 Å². The van der Waals surface area contributed by atoms with Crippen LogP contribution in [0.15, 0.2) is 53.2 Å². The minimum atomic E-state index is 0.786. The molecular weight excluding hydrogens is 440 g/mol. The van der Waals surface area contributed by atoms with Gasteiger partial charge in [0.05, 0.1) is 6.61 Å². The van der Waals surface area contributed by atoms with Gasteiger partial charge in [0.25, 0.3) is 0 Å². The first-order valence-electron chi connectivity index (χ1n) is 12.5. The Hall–Kier alpha value is -2.10. The molecule has 0 atom stereocenters. The predicted octanol–water partition coefficient (Wildman–Crippen LogP) is 10.5. The standard InChI is InChI=1S/C30H38OS2/c1-2-3-4-5-6-7-8-9-10-11-22-31-30-25-26(17-20-28-14-12-23-32-28)16-18-27(30)19-21-29-15-13-24-33-29/h12-21,23-25H,2-11,22H2,1H3. The van der Waals surface area contributed by atoms with Crippen molar-refractivity contribution in [3.05, 3.63) is 74.1 Å². The van der Waals surface area contributed by atoms with E-state index in [2.05, 4.69) is 84.5 Å². The third-order valence-electron chi connectivity index (χ3n) is 5.75. The lowest BCUT2D eigenvalue weighted by Gasteiger charge is -2.11. The van der Waals surface area contributed by atoms with Gasteiger partial charge in [-0.1, -0.05) is 95.1 Å². The number of hydrogen-bond donors (Lipinski definition) is 0. The zero-order chi connectivity index (χ0) is 23.0. The molecule has 3 rings (SSSR count). The van der Waals surface area contributed by atoms with Crippen LogP contribution in [-0.4, -0.2) is 6.61 Å². The van der Waals surface area contributed by atoms with Crippen molar-refractivity contribution in [1.29, 1.82) is 0 Å². The molecule has 0 fully saturated rings. The lowest BCUT2D eigenvalue weighted by molar-refractivity contribution is 0.303. The topological polar surface area (TPSA) is 9.23 Å². The van der Waals surface area contributed by atoms with Gasteiger partial charge in [-0.15, -0.1) is 22.7 Å². The van der Waals surface area contributed by atoms with Crippen LogP contribution >= 0.6 is 22.7 Å². The summed E-state index contributed by atoms with van der Waals surface area (Å²) >= 11 is 3.51. The molecule has 0 aliphatic heterocycles. The van der Waals surface area contributed by atoms with Crippen LogP contribution in [0.5, 0.6) is 5.75 Å².